The maximum atomic E-state index is 11.2. The van der Waals surface area contributed by atoms with Crippen LogP contribution >= 0.6 is 11.6 Å². The van der Waals surface area contributed by atoms with E-state index in [9.17, 15) is 4.79 Å². The average Bonchev–Trinajstić information content (AvgIpc) is 2.56. The Balaban J connectivity index is 2.72. The first kappa shape index (κ1) is 11.5. The number of carbonyl (C=O) groups is 1. The topological polar surface area (TPSA) is 81.1 Å². The van der Waals surface area contributed by atoms with E-state index >= 15 is 0 Å². The summed E-state index contributed by atoms with van der Waals surface area (Å²) in [5, 5.41) is 13.7. The molecule has 0 bridgehead atoms. The van der Waals surface area contributed by atoms with E-state index in [2.05, 4.69) is 5.10 Å². The van der Waals surface area contributed by atoms with Crippen LogP contribution in [0.5, 0.6) is 0 Å². The molecule has 5 nitrogen and oxygen atoms in total. The molecule has 0 aliphatic heterocycles. The smallest absolute Gasteiger partial charge is 0.341 e. The molecule has 88 valence electrons. The average molecular weight is 252 g/mol. The number of halogens is 1. The highest BCUT2D eigenvalue weighted by Gasteiger charge is 2.22. The molecule has 2 aromatic rings. The summed E-state index contributed by atoms with van der Waals surface area (Å²) in [5.41, 5.74) is 6.48. The fourth-order valence-corrected chi connectivity index (χ4v) is 1.81. The molecule has 1 aromatic heterocycles. The van der Waals surface area contributed by atoms with Crippen molar-refractivity contribution >= 4 is 23.4 Å². The Morgan fingerprint density at radius 3 is 2.71 bits per heavy atom. The van der Waals surface area contributed by atoms with Gasteiger partial charge in [-0.2, -0.15) is 5.10 Å². The summed E-state index contributed by atoms with van der Waals surface area (Å²) in [6.07, 6.45) is 0. The molecule has 0 amide bonds. The van der Waals surface area contributed by atoms with Gasteiger partial charge in [-0.3, -0.25) is 4.68 Å². The third-order valence-corrected chi connectivity index (χ3v) is 2.76. The number of carboxylic acid groups (broad SMARTS) is 1. The molecule has 0 saturated carbocycles. The predicted molar refractivity (Wildman–Crippen MR) is 65.0 cm³/mol. The molecule has 0 saturated heterocycles. The van der Waals surface area contributed by atoms with Crippen molar-refractivity contribution in [3.05, 3.63) is 34.9 Å². The minimum absolute atomic E-state index is 0.0272. The highest BCUT2D eigenvalue weighted by Crippen LogP contribution is 2.31. The van der Waals surface area contributed by atoms with Crippen molar-refractivity contribution < 1.29 is 9.90 Å². The number of hydrogen-bond donors (Lipinski definition) is 2. The van der Waals surface area contributed by atoms with Crippen LogP contribution in [0, 0.1) is 0 Å². The summed E-state index contributed by atoms with van der Waals surface area (Å²) in [5.74, 6) is -1.02. The van der Waals surface area contributed by atoms with Gasteiger partial charge in [-0.25, -0.2) is 4.79 Å². The quantitative estimate of drug-likeness (QED) is 0.856. The number of hydrogen-bond acceptors (Lipinski definition) is 3. The molecule has 0 aliphatic rings. The van der Waals surface area contributed by atoms with Gasteiger partial charge in [0.1, 0.15) is 17.1 Å². The maximum absolute atomic E-state index is 11.2. The Hall–Kier alpha value is -2.01. The Bertz CT molecular complexity index is 592. The molecule has 3 N–H and O–H groups in total. The number of rotatable bonds is 2. The van der Waals surface area contributed by atoms with Crippen molar-refractivity contribution in [1.82, 2.24) is 9.78 Å². The maximum Gasteiger partial charge on any atom is 0.341 e. The van der Waals surface area contributed by atoms with E-state index in [1.807, 2.05) is 0 Å². The number of nitrogens with two attached hydrogens (primary N) is 1. The summed E-state index contributed by atoms with van der Waals surface area (Å²) in [6, 6.07) is 6.90. The SMILES string of the molecule is Cn1nc(-c2ccccc2Cl)c(C(=O)O)c1N. The Morgan fingerprint density at radius 2 is 2.12 bits per heavy atom. The van der Waals surface area contributed by atoms with E-state index in [0.717, 1.165) is 0 Å². The second-order valence-electron chi connectivity index (χ2n) is 3.52. The predicted octanol–water partition coefficient (Wildman–Crippen LogP) is 2.02. The molecule has 17 heavy (non-hydrogen) atoms. The van der Waals surface area contributed by atoms with Crippen LogP contribution in [-0.4, -0.2) is 20.9 Å². The number of aromatic nitrogens is 2. The first-order valence-electron chi connectivity index (χ1n) is 4.83. The van der Waals surface area contributed by atoms with Crippen LogP contribution in [0.3, 0.4) is 0 Å². The highest BCUT2D eigenvalue weighted by atomic mass is 35.5. The largest absolute Gasteiger partial charge is 0.477 e. The van der Waals surface area contributed by atoms with Crippen molar-refractivity contribution in [2.75, 3.05) is 5.73 Å². The number of anilines is 1. The van der Waals surface area contributed by atoms with Crippen LogP contribution in [0.1, 0.15) is 10.4 Å². The van der Waals surface area contributed by atoms with Gasteiger partial charge in [0.15, 0.2) is 0 Å². The monoisotopic (exact) mass is 251 g/mol. The number of benzene rings is 1. The third-order valence-electron chi connectivity index (χ3n) is 2.43. The summed E-state index contributed by atoms with van der Waals surface area (Å²) < 4.78 is 1.32. The number of aromatic carboxylic acids is 1. The van der Waals surface area contributed by atoms with Gasteiger partial charge in [-0.15, -0.1) is 0 Å². The molecular weight excluding hydrogens is 242 g/mol. The first-order chi connectivity index (χ1) is 8.02. The summed E-state index contributed by atoms with van der Waals surface area (Å²) in [4.78, 5) is 11.2. The van der Waals surface area contributed by atoms with Crippen LogP contribution < -0.4 is 5.73 Å². The van der Waals surface area contributed by atoms with Crippen molar-refractivity contribution in [3.63, 3.8) is 0 Å². The Morgan fingerprint density at radius 1 is 1.47 bits per heavy atom. The number of aryl methyl sites for hydroxylation is 1. The van der Waals surface area contributed by atoms with E-state index < -0.39 is 5.97 Å². The molecule has 0 atom stereocenters. The third kappa shape index (κ3) is 1.85. The fraction of sp³-hybridized carbons (Fsp3) is 0.0909. The highest BCUT2D eigenvalue weighted by molar-refractivity contribution is 6.33. The lowest BCUT2D eigenvalue weighted by Crippen LogP contribution is -2.04. The summed E-state index contributed by atoms with van der Waals surface area (Å²) in [7, 11) is 1.59. The van der Waals surface area contributed by atoms with Gasteiger partial charge in [0, 0.05) is 12.6 Å². The Kier molecular flexibility index (Phi) is 2.77. The number of nitrogens with zero attached hydrogens (tertiary/aromatic N) is 2. The van der Waals surface area contributed by atoms with Gasteiger partial charge in [0.25, 0.3) is 0 Å². The van der Waals surface area contributed by atoms with Gasteiger partial charge in [-0.1, -0.05) is 29.8 Å². The lowest BCUT2D eigenvalue weighted by Gasteiger charge is -2.01. The number of carboxylic acids is 1. The standard InChI is InChI=1S/C11H10ClN3O2/c1-15-10(13)8(11(16)17)9(14-15)6-4-2-3-5-7(6)12/h2-5H,13H2,1H3,(H,16,17). The van der Waals surface area contributed by atoms with Crippen LogP contribution in [-0.2, 0) is 7.05 Å². The zero-order valence-corrected chi connectivity index (χ0v) is 9.77. The normalized spacial score (nSPS) is 10.5. The van der Waals surface area contributed by atoms with E-state index in [-0.39, 0.29) is 17.1 Å². The summed E-state index contributed by atoms with van der Waals surface area (Å²) >= 11 is 6.01. The second-order valence-corrected chi connectivity index (χ2v) is 3.92. The van der Waals surface area contributed by atoms with Crippen LogP contribution in [0.25, 0.3) is 11.3 Å². The first-order valence-corrected chi connectivity index (χ1v) is 5.21. The molecular formula is C11H10ClN3O2. The number of nitrogen functional groups attached to an aromatic ring is 1. The molecule has 1 aromatic carbocycles. The van der Waals surface area contributed by atoms with Gasteiger partial charge in [0.2, 0.25) is 0 Å². The molecule has 0 spiro atoms. The van der Waals surface area contributed by atoms with Gasteiger partial charge < -0.3 is 10.8 Å². The van der Waals surface area contributed by atoms with Crippen molar-refractivity contribution in [2.24, 2.45) is 7.05 Å². The molecule has 6 heteroatoms. The van der Waals surface area contributed by atoms with Gasteiger partial charge >= 0.3 is 5.97 Å². The van der Waals surface area contributed by atoms with Crippen LogP contribution in [0.4, 0.5) is 5.82 Å². The zero-order chi connectivity index (χ0) is 12.6. The zero-order valence-electron chi connectivity index (χ0n) is 9.01. The van der Waals surface area contributed by atoms with E-state index in [0.29, 0.717) is 10.6 Å². The van der Waals surface area contributed by atoms with Crippen LogP contribution in [0.15, 0.2) is 24.3 Å². The minimum Gasteiger partial charge on any atom is -0.477 e. The van der Waals surface area contributed by atoms with Gasteiger partial charge in [-0.05, 0) is 6.07 Å². The van der Waals surface area contributed by atoms with E-state index in [1.54, 1.807) is 31.3 Å². The van der Waals surface area contributed by atoms with Gasteiger partial charge in [0.05, 0.1) is 5.02 Å². The second kappa shape index (κ2) is 4.10. The molecule has 0 fully saturated rings. The molecule has 0 unspecified atom stereocenters. The molecule has 1 heterocycles. The van der Waals surface area contributed by atoms with Crippen LogP contribution in [0.2, 0.25) is 5.02 Å². The lowest BCUT2D eigenvalue weighted by molar-refractivity contribution is 0.0699. The van der Waals surface area contributed by atoms with E-state index in [1.165, 1.54) is 4.68 Å². The fourth-order valence-electron chi connectivity index (χ4n) is 1.59. The molecule has 2 rings (SSSR count). The minimum atomic E-state index is -1.12. The Labute approximate surface area is 102 Å². The van der Waals surface area contributed by atoms with E-state index in [4.69, 9.17) is 22.4 Å². The van der Waals surface area contributed by atoms with Crippen molar-refractivity contribution in [3.8, 4) is 11.3 Å². The lowest BCUT2D eigenvalue weighted by atomic mass is 10.1. The van der Waals surface area contributed by atoms with Crippen molar-refractivity contribution in [2.45, 2.75) is 0 Å². The van der Waals surface area contributed by atoms with Crippen molar-refractivity contribution in [1.29, 1.82) is 0 Å². The molecule has 0 radical (unpaired) electrons. The summed E-state index contributed by atoms with van der Waals surface area (Å²) in [6.45, 7) is 0. The molecule has 0 aliphatic carbocycles.